The minimum atomic E-state index is -4.61. The van der Waals surface area contributed by atoms with Gasteiger partial charge in [0.2, 0.25) is 0 Å². The van der Waals surface area contributed by atoms with Crippen molar-refractivity contribution in [2.24, 2.45) is 0 Å². The Kier molecular flexibility index (Phi) is 4.54. The third-order valence-corrected chi connectivity index (χ3v) is 4.21. The molecule has 0 radical (unpaired) electrons. The number of hydrogen-bond acceptors (Lipinski definition) is 2. The molecule has 0 heterocycles. The van der Waals surface area contributed by atoms with Crippen LogP contribution in [0.2, 0.25) is 0 Å². The van der Waals surface area contributed by atoms with Gasteiger partial charge in [-0.3, -0.25) is 9.79 Å². The van der Waals surface area contributed by atoms with E-state index in [2.05, 4.69) is 0 Å². The highest BCUT2D eigenvalue weighted by atomic mass is 31.2. The molecule has 0 spiro atoms. The average molecular weight is 340 g/mol. The molecule has 122 valence electrons. The summed E-state index contributed by atoms with van der Waals surface area (Å²) in [5.41, 5.74) is 4.56. The van der Waals surface area contributed by atoms with E-state index in [-0.39, 0.29) is 5.75 Å². The van der Waals surface area contributed by atoms with Crippen LogP contribution in [0.4, 0.5) is 0 Å². The van der Waals surface area contributed by atoms with Crippen LogP contribution in [-0.4, -0.2) is 9.79 Å². The zero-order valence-electron chi connectivity index (χ0n) is 13.1. The summed E-state index contributed by atoms with van der Waals surface area (Å²) in [6.07, 6.45) is 0. The van der Waals surface area contributed by atoms with Gasteiger partial charge in [-0.05, 0) is 35.2 Å². The first kappa shape index (κ1) is 16.5. The molecule has 3 aromatic rings. The Morgan fingerprint density at radius 1 is 0.792 bits per heavy atom. The Morgan fingerprint density at radius 2 is 1.33 bits per heavy atom. The lowest BCUT2D eigenvalue weighted by Crippen LogP contribution is -1.96. The van der Waals surface area contributed by atoms with Crippen molar-refractivity contribution in [3.63, 3.8) is 0 Å². The van der Waals surface area contributed by atoms with Gasteiger partial charge < -0.3 is 4.52 Å². The fraction of sp³-hybridized carbons (Fsp3) is 0.0526. The molecule has 4 nitrogen and oxygen atoms in total. The molecular weight excluding hydrogens is 323 g/mol. The van der Waals surface area contributed by atoms with Crippen molar-refractivity contribution in [3.05, 3.63) is 78.4 Å². The molecule has 0 unspecified atom stereocenters. The maximum absolute atomic E-state index is 11.2. The molecule has 5 heteroatoms. The van der Waals surface area contributed by atoms with Crippen molar-refractivity contribution < 1.29 is 18.9 Å². The van der Waals surface area contributed by atoms with Gasteiger partial charge in [-0.15, -0.1) is 0 Å². The van der Waals surface area contributed by atoms with Gasteiger partial charge in [-0.1, -0.05) is 66.7 Å². The molecule has 0 aliphatic carbocycles. The Balaban J connectivity index is 2.24. The standard InChI is InChI=1S/C19H17O4P/c1-14-18(23-24(20,21)22)13-12-17(15-8-4-2-5-9-15)19(14)16-10-6-3-7-11-16/h2-13H,1H3,(H2,20,21,22). The van der Waals surface area contributed by atoms with Crippen LogP contribution in [0.5, 0.6) is 5.75 Å². The predicted octanol–water partition coefficient (Wildman–Crippen LogP) is 4.80. The van der Waals surface area contributed by atoms with Crippen LogP contribution < -0.4 is 4.52 Å². The maximum Gasteiger partial charge on any atom is 0.524 e. The van der Waals surface area contributed by atoms with E-state index >= 15 is 0 Å². The van der Waals surface area contributed by atoms with E-state index in [4.69, 9.17) is 14.3 Å². The largest absolute Gasteiger partial charge is 0.524 e. The summed E-state index contributed by atoms with van der Waals surface area (Å²) in [6.45, 7) is 1.81. The quantitative estimate of drug-likeness (QED) is 0.670. The van der Waals surface area contributed by atoms with Crippen LogP contribution >= 0.6 is 7.82 Å². The zero-order valence-corrected chi connectivity index (χ0v) is 14.0. The van der Waals surface area contributed by atoms with Gasteiger partial charge in [0.05, 0.1) is 0 Å². The van der Waals surface area contributed by atoms with Crippen LogP contribution in [0.25, 0.3) is 22.3 Å². The van der Waals surface area contributed by atoms with Crippen LogP contribution in [0.15, 0.2) is 72.8 Å². The number of hydrogen-bond donors (Lipinski definition) is 2. The van der Waals surface area contributed by atoms with E-state index < -0.39 is 7.82 Å². The van der Waals surface area contributed by atoms with Gasteiger partial charge >= 0.3 is 7.82 Å². The molecule has 0 bridgehead atoms. The van der Waals surface area contributed by atoms with E-state index in [1.54, 1.807) is 13.0 Å². The number of phosphoric acid groups is 1. The molecule has 0 saturated heterocycles. The van der Waals surface area contributed by atoms with Crippen molar-refractivity contribution >= 4 is 7.82 Å². The Hall–Kier alpha value is -2.39. The molecule has 2 N–H and O–H groups in total. The fourth-order valence-corrected chi connectivity index (χ4v) is 3.21. The van der Waals surface area contributed by atoms with Crippen LogP contribution in [0.1, 0.15) is 5.56 Å². The normalized spacial score (nSPS) is 11.3. The second-order valence-electron chi connectivity index (χ2n) is 5.43. The molecule has 0 fully saturated rings. The topological polar surface area (TPSA) is 66.8 Å². The zero-order chi connectivity index (χ0) is 17.2. The highest BCUT2D eigenvalue weighted by molar-refractivity contribution is 7.46. The molecule has 0 saturated carbocycles. The molecule has 24 heavy (non-hydrogen) atoms. The molecular formula is C19H17O4P. The van der Waals surface area contributed by atoms with Crippen molar-refractivity contribution in [2.45, 2.75) is 6.92 Å². The smallest absolute Gasteiger partial charge is 0.404 e. The van der Waals surface area contributed by atoms with Crippen molar-refractivity contribution in [1.29, 1.82) is 0 Å². The van der Waals surface area contributed by atoms with E-state index in [0.29, 0.717) is 5.56 Å². The van der Waals surface area contributed by atoms with Gasteiger partial charge in [-0.25, -0.2) is 4.57 Å². The SMILES string of the molecule is Cc1c(OP(=O)(O)O)ccc(-c2ccccc2)c1-c1ccccc1. The number of rotatable bonds is 4. The molecule has 0 atom stereocenters. The van der Waals surface area contributed by atoms with Gasteiger partial charge in [-0.2, -0.15) is 0 Å². The summed E-state index contributed by atoms with van der Waals surface area (Å²) >= 11 is 0. The minimum Gasteiger partial charge on any atom is -0.404 e. The maximum atomic E-state index is 11.2. The lowest BCUT2D eigenvalue weighted by molar-refractivity contribution is 0.282. The van der Waals surface area contributed by atoms with Gasteiger partial charge in [0, 0.05) is 5.56 Å². The van der Waals surface area contributed by atoms with E-state index in [9.17, 15) is 4.57 Å². The lowest BCUT2D eigenvalue weighted by atomic mass is 9.90. The fourth-order valence-electron chi connectivity index (χ4n) is 2.75. The minimum absolute atomic E-state index is 0.182. The Morgan fingerprint density at radius 3 is 1.88 bits per heavy atom. The molecule has 3 aromatic carbocycles. The van der Waals surface area contributed by atoms with Crippen molar-refractivity contribution in [1.82, 2.24) is 0 Å². The van der Waals surface area contributed by atoms with E-state index in [1.165, 1.54) is 0 Å². The van der Waals surface area contributed by atoms with Gasteiger partial charge in [0.15, 0.2) is 0 Å². The molecule has 0 amide bonds. The van der Waals surface area contributed by atoms with Crippen molar-refractivity contribution in [2.75, 3.05) is 0 Å². The monoisotopic (exact) mass is 340 g/mol. The molecule has 0 aliphatic heterocycles. The van der Waals surface area contributed by atoms with Gasteiger partial charge in [0.25, 0.3) is 0 Å². The first-order valence-corrected chi connectivity index (χ1v) is 8.98. The number of benzene rings is 3. The predicted molar refractivity (Wildman–Crippen MR) is 94.7 cm³/mol. The summed E-state index contributed by atoms with van der Waals surface area (Å²) in [7, 11) is -4.61. The third kappa shape index (κ3) is 3.57. The Labute approximate surface area is 140 Å². The van der Waals surface area contributed by atoms with Crippen LogP contribution in [-0.2, 0) is 4.57 Å². The van der Waals surface area contributed by atoms with E-state index in [1.807, 2.05) is 66.7 Å². The molecule has 0 aliphatic rings. The average Bonchev–Trinajstić information content (AvgIpc) is 2.57. The third-order valence-electron chi connectivity index (χ3n) is 3.78. The van der Waals surface area contributed by atoms with E-state index in [0.717, 1.165) is 22.3 Å². The first-order chi connectivity index (χ1) is 11.5. The Bertz CT molecular complexity index is 886. The van der Waals surface area contributed by atoms with Crippen molar-refractivity contribution in [3.8, 4) is 28.0 Å². The summed E-state index contributed by atoms with van der Waals surface area (Å²) in [5, 5.41) is 0. The lowest BCUT2D eigenvalue weighted by Gasteiger charge is -2.17. The highest BCUT2D eigenvalue weighted by Gasteiger charge is 2.20. The summed E-state index contributed by atoms with van der Waals surface area (Å²) in [5.74, 6) is 0.182. The summed E-state index contributed by atoms with van der Waals surface area (Å²) in [4.78, 5) is 18.3. The summed E-state index contributed by atoms with van der Waals surface area (Å²) in [6, 6.07) is 23.0. The summed E-state index contributed by atoms with van der Waals surface area (Å²) < 4.78 is 16.1. The second-order valence-corrected chi connectivity index (χ2v) is 6.59. The van der Waals surface area contributed by atoms with Gasteiger partial charge in [0.1, 0.15) is 5.75 Å². The molecule has 3 rings (SSSR count). The molecule has 0 aromatic heterocycles. The van der Waals surface area contributed by atoms with Crippen LogP contribution in [0, 0.1) is 6.92 Å². The van der Waals surface area contributed by atoms with Crippen LogP contribution in [0.3, 0.4) is 0 Å². The highest BCUT2D eigenvalue weighted by Crippen LogP contribution is 2.44. The first-order valence-electron chi connectivity index (χ1n) is 7.45. The second kappa shape index (κ2) is 6.62. The number of phosphoric ester groups is 1.